The Balaban J connectivity index is 2.75. The molecule has 1 rings (SSSR count). The van der Waals surface area contributed by atoms with Crippen LogP contribution in [0.2, 0.25) is 0 Å². The fraction of sp³-hybridized carbons (Fsp3) is 0.200. The van der Waals surface area contributed by atoms with Gasteiger partial charge >= 0.3 is 5.97 Å². The van der Waals surface area contributed by atoms with Gasteiger partial charge in [-0.3, -0.25) is 9.59 Å². The third-order valence-corrected chi connectivity index (χ3v) is 1.84. The zero-order chi connectivity index (χ0) is 10.6. The lowest BCUT2D eigenvalue weighted by Gasteiger charge is -2.16. The molecule has 0 fully saturated rings. The van der Waals surface area contributed by atoms with Gasteiger partial charge in [0.05, 0.1) is 0 Å². The lowest BCUT2D eigenvalue weighted by atomic mass is 10.2. The number of carbonyl (C=O) groups excluding carboxylic acids is 1. The largest absolute Gasteiger partial charge is 0.480 e. The molecule has 0 aliphatic rings. The van der Waals surface area contributed by atoms with Crippen LogP contribution in [0.15, 0.2) is 24.3 Å². The van der Waals surface area contributed by atoms with Crippen molar-refractivity contribution in [1.82, 2.24) is 0 Å². The van der Waals surface area contributed by atoms with Gasteiger partial charge < -0.3 is 10.0 Å². The van der Waals surface area contributed by atoms with E-state index in [1.807, 2.05) is 0 Å². The summed E-state index contributed by atoms with van der Waals surface area (Å²) in [5.41, 5.74) is 1.36. The summed E-state index contributed by atoms with van der Waals surface area (Å²) in [6.45, 7) is -0.0551. The number of carboxylic acids is 1. The third kappa shape index (κ3) is 2.58. The first-order chi connectivity index (χ1) is 6.63. The van der Waals surface area contributed by atoms with Crippen molar-refractivity contribution < 1.29 is 14.7 Å². The number of nitrogens with zero attached hydrogens (tertiary/aromatic N) is 1. The molecule has 0 atom stereocenters. The summed E-state index contributed by atoms with van der Waals surface area (Å²) in [7, 11) is 1.68. The molecule has 14 heavy (non-hydrogen) atoms. The summed E-state index contributed by atoms with van der Waals surface area (Å²) < 4.78 is 0. The van der Waals surface area contributed by atoms with Crippen LogP contribution in [0, 0.1) is 0 Å². The molecule has 4 heteroatoms. The molecule has 0 aliphatic heterocycles. The van der Waals surface area contributed by atoms with Crippen molar-refractivity contribution in [2.45, 2.75) is 0 Å². The Labute approximate surface area is 81.8 Å². The number of aliphatic carboxylic acids is 1. The Hall–Kier alpha value is -1.84. The van der Waals surface area contributed by atoms with Gasteiger partial charge in [-0.1, -0.05) is 0 Å². The fourth-order valence-corrected chi connectivity index (χ4v) is 1.10. The van der Waals surface area contributed by atoms with Gasteiger partial charge in [-0.2, -0.15) is 0 Å². The van der Waals surface area contributed by atoms with E-state index in [0.717, 1.165) is 12.0 Å². The number of rotatable bonds is 4. The lowest BCUT2D eigenvalue weighted by Crippen LogP contribution is -2.24. The van der Waals surface area contributed by atoms with E-state index >= 15 is 0 Å². The minimum Gasteiger partial charge on any atom is -0.480 e. The minimum atomic E-state index is -0.882. The number of anilines is 1. The van der Waals surface area contributed by atoms with Crippen LogP contribution in [-0.4, -0.2) is 31.0 Å². The third-order valence-electron chi connectivity index (χ3n) is 1.84. The van der Waals surface area contributed by atoms with Crippen molar-refractivity contribution in [3.8, 4) is 0 Å². The van der Waals surface area contributed by atoms with Gasteiger partial charge in [0.2, 0.25) is 0 Å². The highest BCUT2D eigenvalue weighted by Gasteiger charge is 2.04. The Morgan fingerprint density at radius 1 is 1.43 bits per heavy atom. The molecular formula is C10H11NO3. The van der Waals surface area contributed by atoms with Gasteiger partial charge in [0.25, 0.3) is 0 Å². The molecule has 0 saturated heterocycles. The molecule has 1 N–H and O–H groups in total. The van der Waals surface area contributed by atoms with Gasteiger partial charge in [0.15, 0.2) is 0 Å². The van der Waals surface area contributed by atoms with E-state index in [4.69, 9.17) is 5.11 Å². The molecule has 0 heterocycles. The molecular weight excluding hydrogens is 182 g/mol. The molecule has 0 saturated carbocycles. The van der Waals surface area contributed by atoms with Gasteiger partial charge in [0, 0.05) is 18.3 Å². The van der Waals surface area contributed by atoms with Crippen LogP contribution in [0.3, 0.4) is 0 Å². The highest BCUT2D eigenvalue weighted by Crippen LogP contribution is 2.12. The number of aldehydes is 1. The van der Waals surface area contributed by atoms with E-state index < -0.39 is 5.97 Å². The Morgan fingerprint density at radius 3 is 2.43 bits per heavy atom. The van der Waals surface area contributed by atoms with Crippen LogP contribution in [0.5, 0.6) is 0 Å². The fourth-order valence-electron chi connectivity index (χ4n) is 1.10. The normalized spacial score (nSPS) is 9.50. The zero-order valence-corrected chi connectivity index (χ0v) is 7.80. The first-order valence-corrected chi connectivity index (χ1v) is 4.11. The predicted octanol–water partition coefficient (Wildman–Crippen LogP) is 1.02. The number of hydrogen-bond donors (Lipinski definition) is 1. The average Bonchev–Trinajstić information content (AvgIpc) is 2.17. The molecule has 0 radical (unpaired) electrons. The van der Waals surface area contributed by atoms with Crippen molar-refractivity contribution in [3.05, 3.63) is 29.8 Å². The molecule has 0 aromatic heterocycles. The molecule has 4 nitrogen and oxygen atoms in total. The Kier molecular flexibility index (Phi) is 3.23. The first kappa shape index (κ1) is 10.2. The van der Waals surface area contributed by atoms with E-state index in [0.29, 0.717) is 5.56 Å². The maximum atomic E-state index is 10.4. The van der Waals surface area contributed by atoms with E-state index in [-0.39, 0.29) is 6.54 Å². The average molecular weight is 193 g/mol. The highest BCUT2D eigenvalue weighted by molar-refractivity contribution is 5.77. The number of benzene rings is 1. The van der Waals surface area contributed by atoms with Crippen LogP contribution in [-0.2, 0) is 4.79 Å². The van der Waals surface area contributed by atoms with Gasteiger partial charge in [-0.25, -0.2) is 0 Å². The van der Waals surface area contributed by atoms with Gasteiger partial charge in [0.1, 0.15) is 12.8 Å². The molecule has 0 bridgehead atoms. The Morgan fingerprint density at radius 2 is 2.00 bits per heavy atom. The maximum absolute atomic E-state index is 10.4. The second kappa shape index (κ2) is 4.41. The van der Waals surface area contributed by atoms with Crippen molar-refractivity contribution in [3.63, 3.8) is 0 Å². The summed E-state index contributed by atoms with van der Waals surface area (Å²) in [6.07, 6.45) is 0.751. The number of hydrogen-bond acceptors (Lipinski definition) is 3. The van der Waals surface area contributed by atoms with Crippen molar-refractivity contribution in [1.29, 1.82) is 0 Å². The van der Waals surface area contributed by atoms with Crippen LogP contribution < -0.4 is 4.90 Å². The zero-order valence-electron chi connectivity index (χ0n) is 7.80. The second-order valence-electron chi connectivity index (χ2n) is 2.96. The second-order valence-corrected chi connectivity index (χ2v) is 2.96. The topological polar surface area (TPSA) is 57.6 Å². The summed E-state index contributed by atoms with van der Waals surface area (Å²) in [5, 5.41) is 8.55. The van der Waals surface area contributed by atoms with Gasteiger partial charge in [-0.15, -0.1) is 0 Å². The summed E-state index contributed by atoms with van der Waals surface area (Å²) in [4.78, 5) is 22.4. The molecule has 74 valence electrons. The number of likely N-dealkylation sites (N-methyl/N-ethyl adjacent to an activating group) is 1. The number of carboxylic acid groups (broad SMARTS) is 1. The summed E-state index contributed by atoms with van der Waals surface area (Å²) >= 11 is 0. The maximum Gasteiger partial charge on any atom is 0.323 e. The number of carbonyl (C=O) groups is 2. The molecule has 0 unspecified atom stereocenters. The molecule has 1 aromatic carbocycles. The Bertz CT molecular complexity index is 332. The summed E-state index contributed by atoms with van der Waals surface area (Å²) in [6, 6.07) is 6.74. The lowest BCUT2D eigenvalue weighted by molar-refractivity contribution is -0.135. The van der Waals surface area contributed by atoms with E-state index in [1.54, 1.807) is 36.2 Å². The van der Waals surface area contributed by atoms with Crippen LogP contribution in [0.25, 0.3) is 0 Å². The smallest absolute Gasteiger partial charge is 0.323 e. The van der Waals surface area contributed by atoms with Crippen LogP contribution in [0.4, 0.5) is 5.69 Å². The summed E-state index contributed by atoms with van der Waals surface area (Å²) in [5.74, 6) is -0.882. The molecule has 0 spiro atoms. The predicted molar refractivity (Wildman–Crippen MR) is 52.7 cm³/mol. The molecule has 0 aliphatic carbocycles. The van der Waals surface area contributed by atoms with E-state index in [2.05, 4.69) is 0 Å². The van der Waals surface area contributed by atoms with E-state index in [9.17, 15) is 9.59 Å². The monoisotopic (exact) mass is 193 g/mol. The first-order valence-electron chi connectivity index (χ1n) is 4.11. The molecule has 0 amide bonds. The van der Waals surface area contributed by atoms with Gasteiger partial charge in [-0.05, 0) is 24.3 Å². The van der Waals surface area contributed by atoms with E-state index in [1.165, 1.54) is 0 Å². The SMILES string of the molecule is CN(CC(=O)O)c1ccc(C=O)cc1. The quantitative estimate of drug-likeness (QED) is 0.725. The van der Waals surface area contributed by atoms with Crippen molar-refractivity contribution in [2.24, 2.45) is 0 Å². The standard InChI is InChI=1S/C10H11NO3/c1-11(6-10(13)14)9-4-2-8(7-12)3-5-9/h2-5,7H,6H2,1H3,(H,13,14). The molecule has 1 aromatic rings. The van der Waals surface area contributed by atoms with Crippen LogP contribution in [0.1, 0.15) is 10.4 Å². The van der Waals surface area contributed by atoms with Crippen molar-refractivity contribution >= 4 is 17.9 Å². The minimum absolute atomic E-state index is 0.0551. The van der Waals surface area contributed by atoms with Crippen LogP contribution >= 0.6 is 0 Å². The van der Waals surface area contributed by atoms with Crippen molar-refractivity contribution in [2.75, 3.05) is 18.5 Å². The highest BCUT2D eigenvalue weighted by atomic mass is 16.4.